The minimum Gasteiger partial charge on any atom is -0.459 e. The van der Waals surface area contributed by atoms with Gasteiger partial charge in [-0.25, -0.2) is 0 Å². The fraction of sp³-hybridized carbons (Fsp3) is 0.346. The van der Waals surface area contributed by atoms with Crippen LogP contribution in [0, 0.1) is 0 Å². The Morgan fingerprint density at radius 3 is 2.46 bits per heavy atom. The van der Waals surface area contributed by atoms with Crippen LogP contribution in [0.5, 0.6) is 5.75 Å². The molecule has 3 aliphatic rings. The van der Waals surface area contributed by atoms with Crippen LogP contribution in [0.4, 0.5) is 17.1 Å². The van der Waals surface area contributed by atoms with Crippen molar-refractivity contribution in [2.24, 2.45) is 4.99 Å². The number of morpholine rings is 1. The average Bonchev–Trinajstić information content (AvgIpc) is 3.01. The van der Waals surface area contributed by atoms with Crippen molar-refractivity contribution in [3.05, 3.63) is 54.1 Å². The summed E-state index contributed by atoms with van der Waals surface area (Å²) in [5.74, 6) is 0.571. The van der Waals surface area contributed by atoms with Crippen LogP contribution in [0.25, 0.3) is 10.8 Å². The van der Waals surface area contributed by atoms with Gasteiger partial charge in [0.05, 0.1) is 29.7 Å². The number of fused-ring (bicyclic) bond motifs is 4. The van der Waals surface area contributed by atoms with E-state index in [1.807, 2.05) is 31.5 Å². The SMILES string of the molecule is CN1c2ccccc2C(C)(C)C12C=Nc1c(cc(N3CCOCC3)c3ccc(S(=O)(=O)O)cc13)O2. The standard InChI is InChI=1S/C26H27N3O5S/c1-25(2)20-6-4-5-7-21(20)28(3)26(25)16-27-24-19-14-17(35(30,31)32)8-9-18(19)22(15-23(24)34-26)29-10-12-33-13-11-29/h4-9,14-16H,10-13H2,1-3H3,(H,30,31,32). The maximum atomic E-state index is 11.9. The number of hydrogen-bond acceptors (Lipinski definition) is 7. The van der Waals surface area contributed by atoms with Gasteiger partial charge in [-0.15, -0.1) is 0 Å². The first kappa shape index (κ1) is 22.3. The molecule has 1 spiro atoms. The number of aliphatic imine (C=N–C) groups is 1. The topological polar surface area (TPSA) is 91.7 Å². The Labute approximate surface area is 204 Å². The second-order valence-corrected chi connectivity index (χ2v) is 11.2. The Balaban J connectivity index is 1.58. The molecule has 3 aliphatic heterocycles. The van der Waals surface area contributed by atoms with E-state index >= 15 is 0 Å². The van der Waals surface area contributed by atoms with Crippen molar-refractivity contribution in [3.8, 4) is 5.75 Å². The van der Waals surface area contributed by atoms with E-state index in [1.165, 1.54) is 17.7 Å². The van der Waals surface area contributed by atoms with E-state index in [-0.39, 0.29) is 4.90 Å². The molecule has 0 amide bonds. The lowest BCUT2D eigenvalue weighted by Gasteiger charge is -2.45. The molecule has 182 valence electrons. The summed E-state index contributed by atoms with van der Waals surface area (Å²) < 4.78 is 46.0. The van der Waals surface area contributed by atoms with Gasteiger partial charge < -0.3 is 19.3 Å². The zero-order valence-corrected chi connectivity index (χ0v) is 20.7. The van der Waals surface area contributed by atoms with Crippen molar-refractivity contribution < 1.29 is 22.4 Å². The molecule has 1 fully saturated rings. The Hall–Kier alpha value is -3.14. The lowest BCUT2D eigenvalue weighted by Crippen LogP contribution is -2.61. The summed E-state index contributed by atoms with van der Waals surface area (Å²) in [5, 5.41) is 1.46. The summed E-state index contributed by atoms with van der Waals surface area (Å²) in [6.45, 7) is 6.92. The number of benzene rings is 3. The van der Waals surface area contributed by atoms with Crippen molar-refractivity contribution >= 4 is 44.2 Å². The predicted molar refractivity (Wildman–Crippen MR) is 136 cm³/mol. The highest BCUT2D eigenvalue weighted by atomic mass is 32.2. The Bertz CT molecular complexity index is 1490. The van der Waals surface area contributed by atoms with Crippen molar-refractivity contribution in [2.75, 3.05) is 43.2 Å². The van der Waals surface area contributed by atoms with Crippen molar-refractivity contribution in [2.45, 2.75) is 29.9 Å². The fourth-order valence-corrected chi connectivity index (χ4v) is 6.17. The number of ether oxygens (including phenoxy) is 2. The van der Waals surface area contributed by atoms with Crippen molar-refractivity contribution in [3.63, 3.8) is 0 Å². The molecule has 3 aromatic rings. The van der Waals surface area contributed by atoms with E-state index in [0.29, 0.717) is 43.1 Å². The first-order chi connectivity index (χ1) is 16.6. The molecule has 9 heteroatoms. The molecular weight excluding hydrogens is 466 g/mol. The molecule has 1 atom stereocenters. The summed E-state index contributed by atoms with van der Waals surface area (Å²) in [4.78, 5) is 9.04. The molecule has 1 N–H and O–H groups in total. The lowest BCUT2D eigenvalue weighted by atomic mass is 9.77. The molecule has 0 bridgehead atoms. The van der Waals surface area contributed by atoms with Crippen LogP contribution in [0.15, 0.2) is 58.4 Å². The molecule has 8 nitrogen and oxygen atoms in total. The number of nitrogens with zero attached hydrogens (tertiary/aromatic N) is 3. The molecular formula is C26H27N3O5S. The van der Waals surface area contributed by atoms with Gasteiger partial charge in [-0.1, -0.05) is 24.3 Å². The number of anilines is 2. The maximum absolute atomic E-state index is 11.9. The van der Waals surface area contributed by atoms with Gasteiger partial charge in [0, 0.05) is 48.4 Å². The Morgan fingerprint density at radius 2 is 1.74 bits per heavy atom. The maximum Gasteiger partial charge on any atom is 0.294 e. The van der Waals surface area contributed by atoms with Crippen LogP contribution in [0.3, 0.4) is 0 Å². The lowest BCUT2D eigenvalue weighted by molar-refractivity contribution is 0.0826. The van der Waals surface area contributed by atoms with Gasteiger partial charge in [-0.3, -0.25) is 9.55 Å². The van der Waals surface area contributed by atoms with Gasteiger partial charge in [0.2, 0.25) is 5.72 Å². The minimum absolute atomic E-state index is 0.174. The minimum atomic E-state index is -4.38. The normalized spacial score (nSPS) is 22.9. The first-order valence-corrected chi connectivity index (χ1v) is 13.1. The van der Waals surface area contributed by atoms with Gasteiger partial charge in [-0.2, -0.15) is 8.42 Å². The van der Waals surface area contributed by atoms with Crippen molar-refractivity contribution in [1.29, 1.82) is 0 Å². The summed E-state index contributed by atoms with van der Waals surface area (Å²) in [5.41, 5.74) is 2.44. The third-order valence-corrected chi connectivity index (χ3v) is 8.49. The number of rotatable bonds is 2. The molecule has 0 aliphatic carbocycles. The summed E-state index contributed by atoms with van der Waals surface area (Å²) in [6, 6.07) is 14.9. The number of para-hydroxylation sites is 1. The van der Waals surface area contributed by atoms with E-state index < -0.39 is 21.3 Å². The summed E-state index contributed by atoms with van der Waals surface area (Å²) >= 11 is 0. The molecule has 0 radical (unpaired) electrons. The van der Waals surface area contributed by atoms with Gasteiger partial charge in [0.1, 0.15) is 5.69 Å². The monoisotopic (exact) mass is 493 g/mol. The van der Waals surface area contributed by atoms with Crippen LogP contribution >= 0.6 is 0 Å². The molecule has 1 saturated heterocycles. The van der Waals surface area contributed by atoms with Crippen LogP contribution in [-0.2, 0) is 20.3 Å². The molecule has 3 heterocycles. The number of hydrogen-bond donors (Lipinski definition) is 1. The van der Waals surface area contributed by atoms with Gasteiger partial charge in [-0.05, 0) is 37.6 Å². The van der Waals surface area contributed by atoms with Crippen LogP contribution in [-0.4, -0.2) is 58.3 Å². The molecule has 1 unspecified atom stereocenters. The van der Waals surface area contributed by atoms with Crippen molar-refractivity contribution in [1.82, 2.24) is 0 Å². The van der Waals surface area contributed by atoms with E-state index in [0.717, 1.165) is 16.8 Å². The quantitative estimate of drug-likeness (QED) is 0.537. The molecule has 0 saturated carbocycles. The molecule has 3 aromatic carbocycles. The van der Waals surface area contributed by atoms with Crippen LogP contribution < -0.4 is 14.5 Å². The first-order valence-electron chi connectivity index (χ1n) is 11.6. The number of likely N-dealkylation sites (N-methyl/N-ethyl adjacent to an activating group) is 1. The fourth-order valence-electron chi connectivity index (χ4n) is 5.66. The third-order valence-electron chi connectivity index (χ3n) is 7.64. The smallest absolute Gasteiger partial charge is 0.294 e. The molecule has 35 heavy (non-hydrogen) atoms. The van der Waals surface area contributed by atoms with E-state index in [4.69, 9.17) is 14.5 Å². The van der Waals surface area contributed by atoms with E-state index in [2.05, 4.69) is 35.8 Å². The van der Waals surface area contributed by atoms with E-state index in [9.17, 15) is 13.0 Å². The second kappa shape index (κ2) is 7.43. The Kier molecular flexibility index (Phi) is 4.74. The highest BCUT2D eigenvalue weighted by Gasteiger charge is 2.58. The van der Waals surface area contributed by atoms with E-state index in [1.54, 1.807) is 6.07 Å². The van der Waals surface area contributed by atoms with Crippen LogP contribution in [0.2, 0.25) is 0 Å². The molecule has 6 rings (SSSR count). The third kappa shape index (κ3) is 3.11. The Morgan fingerprint density at radius 1 is 1.00 bits per heavy atom. The summed E-state index contributed by atoms with van der Waals surface area (Å²) in [7, 11) is -2.37. The average molecular weight is 494 g/mol. The summed E-state index contributed by atoms with van der Waals surface area (Å²) in [6.07, 6.45) is 1.82. The largest absolute Gasteiger partial charge is 0.459 e. The zero-order chi connectivity index (χ0) is 24.6. The predicted octanol–water partition coefficient (Wildman–Crippen LogP) is 4.14. The molecule has 0 aromatic heterocycles. The van der Waals surface area contributed by atoms with Gasteiger partial charge in [0.25, 0.3) is 10.1 Å². The highest BCUT2D eigenvalue weighted by molar-refractivity contribution is 7.85. The van der Waals surface area contributed by atoms with Crippen LogP contribution in [0.1, 0.15) is 19.4 Å². The second-order valence-electron chi connectivity index (χ2n) is 9.78. The van der Waals surface area contributed by atoms with Gasteiger partial charge in [0.15, 0.2) is 5.75 Å². The highest BCUT2D eigenvalue weighted by Crippen LogP contribution is 2.55. The zero-order valence-electron chi connectivity index (χ0n) is 19.9. The van der Waals surface area contributed by atoms with Gasteiger partial charge >= 0.3 is 0 Å².